The molecule has 1 aliphatic heterocycles. The fourth-order valence-electron chi connectivity index (χ4n) is 1.81. The van der Waals surface area contributed by atoms with Crippen LogP contribution in [-0.2, 0) is 4.74 Å². The Morgan fingerprint density at radius 3 is 2.33 bits per heavy atom. The first-order valence-corrected chi connectivity index (χ1v) is 4.64. The standard InChI is InChI=1S/C9H19NO2/c1-7(11)4-10-5-8(2)12-9(3)6-10/h7-9,11H,4-6H2,1-3H3/t7-,8-,9-/m1/s1. The molecule has 0 radical (unpaired) electrons. The van der Waals surface area contributed by atoms with Gasteiger partial charge in [0.15, 0.2) is 0 Å². The number of rotatable bonds is 2. The van der Waals surface area contributed by atoms with E-state index in [0.29, 0.717) is 12.2 Å². The molecule has 0 spiro atoms. The Morgan fingerprint density at radius 1 is 1.42 bits per heavy atom. The van der Waals surface area contributed by atoms with Gasteiger partial charge in [0.05, 0.1) is 18.3 Å². The minimum atomic E-state index is -0.234. The molecule has 1 saturated heterocycles. The van der Waals surface area contributed by atoms with Crippen molar-refractivity contribution in [1.29, 1.82) is 0 Å². The molecular weight excluding hydrogens is 154 g/mol. The second-order valence-electron chi connectivity index (χ2n) is 3.82. The van der Waals surface area contributed by atoms with E-state index in [1.807, 2.05) is 6.92 Å². The van der Waals surface area contributed by atoms with Gasteiger partial charge in [-0.05, 0) is 20.8 Å². The summed E-state index contributed by atoms with van der Waals surface area (Å²) in [6, 6.07) is 0. The van der Waals surface area contributed by atoms with Crippen molar-refractivity contribution < 1.29 is 9.84 Å². The molecule has 3 heteroatoms. The van der Waals surface area contributed by atoms with E-state index in [9.17, 15) is 5.11 Å². The number of ether oxygens (including phenoxy) is 1. The highest BCUT2D eigenvalue weighted by atomic mass is 16.5. The highest BCUT2D eigenvalue weighted by molar-refractivity contribution is 4.73. The van der Waals surface area contributed by atoms with Gasteiger partial charge in [-0.3, -0.25) is 4.90 Å². The smallest absolute Gasteiger partial charge is 0.0678 e. The van der Waals surface area contributed by atoms with Gasteiger partial charge in [0.25, 0.3) is 0 Å². The van der Waals surface area contributed by atoms with Gasteiger partial charge in [-0.15, -0.1) is 0 Å². The summed E-state index contributed by atoms with van der Waals surface area (Å²) in [5.41, 5.74) is 0. The Kier molecular flexibility index (Phi) is 3.50. The molecule has 72 valence electrons. The van der Waals surface area contributed by atoms with Crippen LogP contribution in [0.5, 0.6) is 0 Å². The van der Waals surface area contributed by atoms with Gasteiger partial charge < -0.3 is 9.84 Å². The van der Waals surface area contributed by atoms with Gasteiger partial charge in [0.2, 0.25) is 0 Å². The van der Waals surface area contributed by atoms with Crippen LogP contribution in [0.2, 0.25) is 0 Å². The van der Waals surface area contributed by atoms with E-state index in [4.69, 9.17) is 4.74 Å². The predicted octanol–water partition coefficient (Wildman–Crippen LogP) is 0.476. The SMILES string of the molecule is C[C@@H]1CN(C[C@@H](C)O)C[C@@H](C)O1. The molecule has 0 unspecified atom stereocenters. The van der Waals surface area contributed by atoms with Crippen LogP contribution in [0, 0.1) is 0 Å². The van der Waals surface area contributed by atoms with Crippen molar-refractivity contribution in [2.45, 2.75) is 39.1 Å². The molecule has 0 aromatic carbocycles. The number of morpholine rings is 1. The number of β-amino-alcohol motifs (C(OH)–C–C–N with tert-alkyl or cyclic N) is 1. The molecule has 1 N–H and O–H groups in total. The Labute approximate surface area is 74.3 Å². The Hall–Kier alpha value is -0.120. The van der Waals surface area contributed by atoms with Crippen LogP contribution >= 0.6 is 0 Å². The summed E-state index contributed by atoms with van der Waals surface area (Å²) in [6.07, 6.45) is 0.363. The van der Waals surface area contributed by atoms with Crippen molar-refractivity contribution >= 4 is 0 Å². The highest BCUT2D eigenvalue weighted by Crippen LogP contribution is 2.10. The van der Waals surface area contributed by atoms with E-state index >= 15 is 0 Å². The molecule has 3 nitrogen and oxygen atoms in total. The van der Waals surface area contributed by atoms with Gasteiger partial charge in [-0.25, -0.2) is 0 Å². The molecule has 0 aromatic rings. The lowest BCUT2D eigenvalue weighted by Crippen LogP contribution is -2.47. The average Bonchev–Trinajstić information content (AvgIpc) is 1.81. The van der Waals surface area contributed by atoms with Crippen LogP contribution in [0.25, 0.3) is 0 Å². The van der Waals surface area contributed by atoms with Crippen molar-refractivity contribution in [2.24, 2.45) is 0 Å². The summed E-state index contributed by atoms with van der Waals surface area (Å²) >= 11 is 0. The normalized spacial score (nSPS) is 35.0. The third kappa shape index (κ3) is 3.09. The molecule has 1 aliphatic rings. The molecule has 1 fully saturated rings. The third-order valence-electron chi connectivity index (χ3n) is 2.02. The van der Waals surface area contributed by atoms with Crippen LogP contribution in [0.15, 0.2) is 0 Å². The van der Waals surface area contributed by atoms with Crippen molar-refractivity contribution in [3.63, 3.8) is 0 Å². The first-order chi connectivity index (χ1) is 5.58. The maximum absolute atomic E-state index is 9.19. The zero-order valence-electron chi connectivity index (χ0n) is 8.16. The van der Waals surface area contributed by atoms with E-state index in [2.05, 4.69) is 18.7 Å². The largest absolute Gasteiger partial charge is 0.392 e. The molecule has 1 heterocycles. The summed E-state index contributed by atoms with van der Waals surface area (Å²) in [7, 11) is 0. The fraction of sp³-hybridized carbons (Fsp3) is 1.00. The molecule has 0 saturated carbocycles. The number of nitrogens with zero attached hydrogens (tertiary/aromatic N) is 1. The monoisotopic (exact) mass is 173 g/mol. The van der Waals surface area contributed by atoms with E-state index in [0.717, 1.165) is 19.6 Å². The van der Waals surface area contributed by atoms with Crippen LogP contribution in [0.1, 0.15) is 20.8 Å². The summed E-state index contributed by atoms with van der Waals surface area (Å²) in [6.45, 7) is 8.61. The van der Waals surface area contributed by atoms with Crippen molar-refractivity contribution in [2.75, 3.05) is 19.6 Å². The zero-order chi connectivity index (χ0) is 9.14. The Morgan fingerprint density at radius 2 is 1.92 bits per heavy atom. The van der Waals surface area contributed by atoms with Gasteiger partial charge >= 0.3 is 0 Å². The van der Waals surface area contributed by atoms with Crippen molar-refractivity contribution in [3.05, 3.63) is 0 Å². The van der Waals surface area contributed by atoms with Gasteiger partial charge in [0, 0.05) is 19.6 Å². The minimum absolute atomic E-state index is 0.234. The summed E-state index contributed by atoms with van der Waals surface area (Å²) in [5.74, 6) is 0. The molecule has 0 bridgehead atoms. The second-order valence-corrected chi connectivity index (χ2v) is 3.82. The zero-order valence-corrected chi connectivity index (χ0v) is 8.16. The number of hydrogen-bond acceptors (Lipinski definition) is 3. The lowest BCUT2D eigenvalue weighted by Gasteiger charge is -2.35. The third-order valence-corrected chi connectivity index (χ3v) is 2.02. The van der Waals surface area contributed by atoms with E-state index in [-0.39, 0.29) is 6.10 Å². The molecule has 0 aliphatic carbocycles. The molecular formula is C9H19NO2. The number of hydrogen-bond donors (Lipinski definition) is 1. The minimum Gasteiger partial charge on any atom is -0.392 e. The van der Waals surface area contributed by atoms with Gasteiger partial charge in [-0.1, -0.05) is 0 Å². The maximum atomic E-state index is 9.19. The molecule has 3 atom stereocenters. The van der Waals surface area contributed by atoms with Crippen LogP contribution in [0.4, 0.5) is 0 Å². The number of aliphatic hydroxyl groups excluding tert-OH is 1. The molecule has 12 heavy (non-hydrogen) atoms. The van der Waals surface area contributed by atoms with Crippen LogP contribution < -0.4 is 0 Å². The van der Waals surface area contributed by atoms with Gasteiger partial charge in [-0.2, -0.15) is 0 Å². The van der Waals surface area contributed by atoms with Crippen LogP contribution in [0.3, 0.4) is 0 Å². The molecule has 0 amide bonds. The molecule has 1 rings (SSSR count). The van der Waals surface area contributed by atoms with Crippen LogP contribution in [-0.4, -0.2) is 48.0 Å². The van der Waals surface area contributed by atoms with Crippen molar-refractivity contribution in [3.8, 4) is 0 Å². The summed E-state index contributed by atoms with van der Waals surface area (Å²) in [4.78, 5) is 2.25. The first kappa shape index (κ1) is 9.96. The highest BCUT2D eigenvalue weighted by Gasteiger charge is 2.22. The van der Waals surface area contributed by atoms with E-state index in [1.165, 1.54) is 0 Å². The van der Waals surface area contributed by atoms with E-state index < -0.39 is 0 Å². The summed E-state index contributed by atoms with van der Waals surface area (Å²) in [5, 5.41) is 9.19. The molecule has 0 aromatic heterocycles. The Bertz CT molecular complexity index is 126. The number of aliphatic hydroxyl groups is 1. The predicted molar refractivity (Wildman–Crippen MR) is 48.1 cm³/mol. The maximum Gasteiger partial charge on any atom is 0.0678 e. The Balaban J connectivity index is 2.34. The topological polar surface area (TPSA) is 32.7 Å². The van der Waals surface area contributed by atoms with Crippen molar-refractivity contribution in [1.82, 2.24) is 4.90 Å². The average molecular weight is 173 g/mol. The summed E-state index contributed by atoms with van der Waals surface area (Å²) < 4.78 is 5.57. The fourth-order valence-corrected chi connectivity index (χ4v) is 1.81. The van der Waals surface area contributed by atoms with Gasteiger partial charge in [0.1, 0.15) is 0 Å². The van der Waals surface area contributed by atoms with E-state index in [1.54, 1.807) is 0 Å². The lowest BCUT2D eigenvalue weighted by molar-refractivity contribution is -0.0752. The quantitative estimate of drug-likeness (QED) is 0.659. The first-order valence-electron chi connectivity index (χ1n) is 4.64. The lowest BCUT2D eigenvalue weighted by atomic mass is 10.2. The second kappa shape index (κ2) is 4.21.